The van der Waals surface area contributed by atoms with Gasteiger partial charge in [0.05, 0.1) is 0 Å². The van der Waals surface area contributed by atoms with E-state index >= 15 is 0 Å². The van der Waals surface area contributed by atoms with Gasteiger partial charge in [-0.3, -0.25) is 4.79 Å². The average molecular weight is 136 g/mol. The van der Waals surface area contributed by atoms with Crippen molar-refractivity contribution in [3.8, 4) is 0 Å². The first kappa shape index (κ1) is 6.14. The molecule has 54 valence electrons. The quantitative estimate of drug-likeness (QED) is 0.498. The summed E-state index contributed by atoms with van der Waals surface area (Å²) < 4.78 is 0. The SMILES string of the molecule is CC1=C2CCCC2CC1=O. The van der Waals surface area contributed by atoms with E-state index in [1.54, 1.807) is 0 Å². The molecule has 2 aliphatic rings. The molecule has 1 unspecified atom stereocenters. The molecule has 2 rings (SSSR count). The van der Waals surface area contributed by atoms with E-state index in [1.165, 1.54) is 24.8 Å². The lowest BCUT2D eigenvalue weighted by Gasteiger charge is -1.98. The molecule has 0 aromatic heterocycles. The zero-order chi connectivity index (χ0) is 7.14. The van der Waals surface area contributed by atoms with Crippen LogP contribution >= 0.6 is 0 Å². The molecule has 0 N–H and O–H groups in total. The van der Waals surface area contributed by atoms with Crippen molar-refractivity contribution >= 4 is 5.78 Å². The molecule has 0 saturated heterocycles. The summed E-state index contributed by atoms with van der Waals surface area (Å²) in [6, 6.07) is 0. The van der Waals surface area contributed by atoms with Crippen molar-refractivity contribution < 1.29 is 4.79 Å². The number of carbonyl (C=O) groups excluding carboxylic acids is 1. The van der Waals surface area contributed by atoms with Gasteiger partial charge in [-0.25, -0.2) is 0 Å². The zero-order valence-corrected chi connectivity index (χ0v) is 6.31. The van der Waals surface area contributed by atoms with E-state index in [-0.39, 0.29) is 0 Å². The molecule has 0 amide bonds. The third-order valence-electron chi connectivity index (χ3n) is 2.82. The van der Waals surface area contributed by atoms with Crippen LogP contribution in [0.5, 0.6) is 0 Å². The highest BCUT2D eigenvalue weighted by atomic mass is 16.1. The van der Waals surface area contributed by atoms with E-state index in [2.05, 4.69) is 0 Å². The summed E-state index contributed by atoms with van der Waals surface area (Å²) in [5, 5.41) is 0. The van der Waals surface area contributed by atoms with Gasteiger partial charge in [0.1, 0.15) is 0 Å². The Labute approximate surface area is 61.1 Å². The minimum atomic E-state index is 0.403. The number of ketones is 1. The molecule has 0 aromatic carbocycles. The fourth-order valence-electron chi connectivity index (χ4n) is 2.19. The molecule has 0 radical (unpaired) electrons. The lowest BCUT2D eigenvalue weighted by molar-refractivity contribution is -0.115. The molecule has 0 bridgehead atoms. The third-order valence-corrected chi connectivity index (χ3v) is 2.82. The van der Waals surface area contributed by atoms with Gasteiger partial charge in [-0.2, -0.15) is 0 Å². The standard InChI is InChI=1S/C9H12O/c1-6-8-4-2-3-7(8)5-9(6)10/h7H,2-5H2,1H3. The lowest BCUT2D eigenvalue weighted by Crippen LogP contribution is -1.95. The van der Waals surface area contributed by atoms with Crippen LogP contribution in [0.1, 0.15) is 32.6 Å². The predicted octanol–water partition coefficient (Wildman–Crippen LogP) is 2.08. The van der Waals surface area contributed by atoms with E-state index in [9.17, 15) is 4.79 Å². The Morgan fingerprint density at radius 2 is 2.30 bits per heavy atom. The zero-order valence-electron chi connectivity index (χ0n) is 6.31. The molecule has 1 saturated carbocycles. The van der Waals surface area contributed by atoms with Gasteiger partial charge in [0.15, 0.2) is 5.78 Å². The fourth-order valence-corrected chi connectivity index (χ4v) is 2.19. The fraction of sp³-hybridized carbons (Fsp3) is 0.667. The van der Waals surface area contributed by atoms with Gasteiger partial charge in [0, 0.05) is 6.42 Å². The largest absolute Gasteiger partial charge is 0.295 e. The summed E-state index contributed by atoms with van der Waals surface area (Å²) in [5.74, 6) is 1.06. The summed E-state index contributed by atoms with van der Waals surface area (Å²) >= 11 is 0. The summed E-state index contributed by atoms with van der Waals surface area (Å²) in [6.45, 7) is 1.99. The third kappa shape index (κ3) is 0.664. The van der Waals surface area contributed by atoms with E-state index in [1.807, 2.05) is 6.92 Å². The molecule has 1 heteroatoms. The number of rotatable bonds is 0. The Kier molecular flexibility index (Phi) is 1.19. The topological polar surface area (TPSA) is 17.1 Å². The highest BCUT2D eigenvalue weighted by Gasteiger charge is 2.32. The van der Waals surface area contributed by atoms with E-state index < -0.39 is 0 Å². The van der Waals surface area contributed by atoms with Crippen LogP contribution in [-0.2, 0) is 4.79 Å². The Hall–Kier alpha value is -0.590. The summed E-state index contributed by atoms with van der Waals surface area (Å²) in [5.41, 5.74) is 2.56. The van der Waals surface area contributed by atoms with Crippen molar-refractivity contribution in [3.63, 3.8) is 0 Å². The maximum Gasteiger partial charge on any atom is 0.159 e. The molecule has 1 nitrogen and oxygen atoms in total. The van der Waals surface area contributed by atoms with Crippen LogP contribution < -0.4 is 0 Å². The highest BCUT2D eigenvalue weighted by Crippen LogP contribution is 2.41. The average Bonchev–Trinajstić information content (AvgIpc) is 2.41. The molecule has 0 heterocycles. The minimum absolute atomic E-state index is 0.403. The number of hydrogen-bond donors (Lipinski definition) is 0. The Bertz CT molecular complexity index is 213. The molecule has 1 fully saturated rings. The molecule has 1 atom stereocenters. The number of carbonyl (C=O) groups is 1. The Balaban J connectivity index is 2.37. The van der Waals surface area contributed by atoms with E-state index in [0.29, 0.717) is 11.7 Å². The Morgan fingerprint density at radius 1 is 1.50 bits per heavy atom. The van der Waals surface area contributed by atoms with Crippen molar-refractivity contribution in [2.24, 2.45) is 5.92 Å². The second-order valence-electron chi connectivity index (χ2n) is 3.37. The van der Waals surface area contributed by atoms with Gasteiger partial charge in [-0.15, -0.1) is 0 Å². The Morgan fingerprint density at radius 3 is 3.00 bits per heavy atom. The number of fused-ring (bicyclic) bond motifs is 1. The van der Waals surface area contributed by atoms with Crippen LogP contribution in [0.15, 0.2) is 11.1 Å². The molecule has 0 spiro atoms. The van der Waals surface area contributed by atoms with Crippen molar-refractivity contribution in [2.75, 3.05) is 0 Å². The van der Waals surface area contributed by atoms with Crippen LogP contribution in [0, 0.1) is 5.92 Å². The van der Waals surface area contributed by atoms with Crippen LogP contribution in [0.2, 0.25) is 0 Å². The number of Topliss-reactive ketones (excluding diaryl/α,β-unsaturated/α-hetero) is 1. The predicted molar refractivity (Wildman–Crippen MR) is 39.7 cm³/mol. The molecule has 2 aliphatic carbocycles. The van der Waals surface area contributed by atoms with Crippen molar-refractivity contribution in [1.82, 2.24) is 0 Å². The van der Waals surface area contributed by atoms with Gasteiger partial charge in [-0.05, 0) is 37.7 Å². The smallest absolute Gasteiger partial charge is 0.159 e. The molecule has 0 aromatic rings. The summed E-state index contributed by atoms with van der Waals surface area (Å²) in [6.07, 6.45) is 4.59. The lowest BCUT2D eigenvalue weighted by atomic mass is 10.1. The first-order valence-electron chi connectivity index (χ1n) is 4.02. The molecule has 0 aliphatic heterocycles. The maximum absolute atomic E-state index is 11.1. The maximum atomic E-state index is 11.1. The summed E-state index contributed by atoms with van der Waals surface area (Å²) in [7, 11) is 0. The van der Waals surface area contributed by atoms with Crippen LogP contribution in [-0.4, -0.2) is 5.78 Å². The van der Waals surface area contributed by atoms with E-state index in [4.69, 9.17) is 0 Å². The molecule has 10 heavy (non-hydrogen) atoms. The van der Waals surface area contributed by atoms with Crippen LogP contribution in [0.3, 0.4) is 0 Å². The van der Waals surface area contributed by atoms with Crippen LogP contribution in [0.4, 0.5) is 0 Å². The first-order valence-corrected chi connectivity index (χ1v) is 4.02. The van der Waals surface area contributed by atoms with Gasteiger partial charge in [0.25, 0.3) is 0 Å². The minimum Gasteiger partial charge on any atom is -0.295 e. The number of hydrogen-bond acceptors (Lipinski definition) is 1. The number of allylic oxidation sites excluding steroid dienone is 2. The molecular weight excluding hydrogens is 124 g/mol. The van der Waals surface area contributed by atoms with Gasteiger partial charge in [-0.1, -0.05) is 5.57 Å². The monoisotopic (exact) mass is 136 g/mol. The highest BCUT2D eigenvalue weighted by molar-refractivity contribution is 5.98. The normalized spacial score (nSPS) is 31.7. The van der Waals surface area contributed by atoms with Crippen molar-refractivity contribution in [2.45, 2.75) is 32.6 Å². The second kappa shape index (κ2) is 1.94. The summed E-state index contributed by atoms with van der Waals surface area (Å²) in [4.78, 5) is 11.1. The van der Waals surface area contributed by atoms with Crippen molar-refractivity contribution in [1.29, 1.82) is 0 Å². The first-order chi connectivity index (χ1) is 4.79. The van der Waals surface area contributed by atoms with Gasteiger partial charge >= 0.3 is 0 Å². The van der Waals surface area contributed by atoms with Gasteiger partial charge < -0.3 is 0 Å². The van der Waals surface area contributed by atoms with Crippen molar-refractivity contribution in [3.05, 3.63) is 11.1 Å². The molecular formula is C9H12O. The van der Waals surface area contributed by atoms with Gasteiger partial charge in [0.2, 0.25) is 0 Å². The van der Waals surface area contributed by atoms with Crippen LogP contribution in [0.25, 0.3) is 0 Å². The second-order valence-corrected chi connectivity index (χ2v) is 3.37. The van der Waals surface area contributed by atoms with E-state index in [0.717, 1.165) is 12.0 Å².